The second kappa shape index (κ2) is 7.41. The van der Waals surface area contributed by atoms with E-state index in [1.807, 2.05) is 0 Å². The summed E-state index contributed by atoms with van der Waals surface area (Å²) in [5.41, 5.74) is 0.413. The number of rotatable bonds is 7. The van der Waals surface area contributed by atoms with Crippen molar-refractivity contribution in [1.82, 2.24) is 5.32 Å². The molecule has 0 aliphatic heterocycles. The number of carboxylic acid groups (broad SMARTS) is 1. The Hall–Kier alpha value is -2.04. The molecule has 1 aromatic rings. The number of ether oxygens (including phenoxy) is 1. The van der Waals surface area contributed by atoms with E-state index in [4.69, 9.17) is 9.84 Å². The van der Waals surface area contributed by atoms with Gasteiger partial charge in [0.25, 0.3) is 5.91 Å². The van der Waals surface area contributed by atoms with Crippen molar-refractivity contribution in [3.8, 4) is 5.75 Å². The second-order valence-electron chi connectivity index (χ2n) is 4.26. The molecular weight excluding hydrogens is 246 g/mol. The predicted octanol–water partition coefficient (Wildman–Crippen LogP) is 2.07. The SMILES string of the molecule is CCCCOc1ccc(C(=O)N[C@H](C)C(=O)O)cc1. The summed E-state index contributed by atoms with van der Waals surface area (Å²) in [6, 6.07) is 5.73. The summed E-state index contributed by atoms with van der Waals surface area (Å²) in [4.78, 5) is 22.3. The van der Waals surface area contributed by atoms with E-state index in [2.05, 4.69) is 12.2 Å². The summed E-state index contributed by atoms with van der Waals surface area (Å²) in [5.74, 6) is -0.765. The molecule has 0 unspecified atom stereocenters. The number of carboxylic acids is 1. The zero-order valence-electron chi connectivity index (χ0n) is 11.2. The molecule has 1 aromatic carbocycles. The number of amides is 1. The van der Waals surface area contributed by atoms with E-state index in [1.165, 1.54) is 6.92 Å². The lowest BCUT2D eigenvalue weighted by Gasteiger charge is -2.10. The van der Waals surface area contributed by atoms with Crippen molar-refractivity contribution in [1.29, 1.82) is 0 Å². The number of hydrogen-bond acceptors (Lipinski definition) is 3. The van der Waals surface area contributed by atoms with Crippen molar-refractivity contribution in [2.45, 2.75) is 32.7 Å². The Bertz CT molecular complexity index is 428. The highest BCUT2D eigenvalue weighted by Crippen LogP contribution is 2.12. The van der Waals surface area contributed by atoms with E-state index >= 15 is 0 Å². The molecule has 0 heterocycles. The van der Waals surface area contributed by atoms with Crippen molar-refractivity contribution in [3.05, 3.63) is 29.8 Å². The first-order chi connectivity index (χ1) is 9.04. The molecule has 0 fully saturated rings. The lowest BCUT2D eigenvalue weighted by Crippen LogP contribution is -2.38. The molecule has 1 rings (SSSR count). The molecule has 104 valence electrons. The van der Waals surface area contributed by atoms with Gasteiger partial charge in [0.05, 0.1) is 6.61 Å². The average molecular weight is 265 g/mol. The number of carbonyl (C=O) groups excluding carboxylic acids is 1. The van der Waals surface area contributed by atoms with Crippen LogP contribution in [0.5, 0.6) is 5.75 Å². The van der Waals surface area contributed by atoms with Gasteiger partial charge in [-0.05, 0) is 37.6 Å². The van der Waals surface area contributed by atoms with Crippen molar-refractivity contribution < 1.29 is 19.4 Å². The van der Waals surface area contributed by atoms with Gasteiger partial charge in [0.15, 0.2) is 0 Å². The molecule has 2 N–H and O–H groups in total. The zero-order chi connectivity index (χ0) is 14.3. The molecule has 0 bridgehead atoms. The fourth-order valence-electron chi connectivity index (χ4n) is 1.38. The Balaban J connectivity index is 2.55. The van der Waals surface area contributed by atoms with Gasteiger partial charge in [-0.2, -0.15) is 0 Å². The summed E-state index contributed by atoms with van der Waals surface area (Å²) in [6.07, 6.45) is 2.05. The Morgan fingerprint density at radius 1 is 1.32 bits per heavy atom. The highest BCUT2D eigenvalue weighted by Gasteiger charge is 2.14. The van der Waals surface area contributed by atoms with Crippen LogP contribution in [-0.4, -0.2) is 29.6 Å². The van der Waals surface area contributed by atoms with Crippen LogP contribution in [0.2, 0.25) is 0 Å². The molecule has 5 nitrogen and oxygen atoms in total. The smallest absolute Gasteiger partial charge is 0.325 e. The third kappa shape index (κ3) is 4.99. The van der Waals surface area contributed by atoms with Gasteiger partial charge in [-0.15, -0.1) is 0 Å². The van der Waals surface area contributed by atoms with Crippen LogP contribution in [0.4, 0.5) is 0 Å². The molecule has 0 saturated carbocycles. The molecule has 0 radical (unpaired) electrons. The molecule has 0 spiro atoms. The maximum absolute atomic E-state index is 11.7. The first kappa shape index (κ1) is 15.0. The molecule has 0 aliphatic rings. The van der Waals surface area contributed by atoms with Gasteiger partial charge in [0, 0.05) is 5.56 Å². The van der Waals surface area contributed by atoms with E-state index in [0.717, 1.165) is 12.8 Å². The number of hydrogen-bond donors (Lipinski definition) is 2. The molecule has 1 amide bonds. The molecule has 0 aromatic heterocycles. The van der Waals surface area contributed by atoms with Gasteiger partial charge in [-0.1, -0.05) is 13.3 Å². The van der Waals surface area contributed by atoms with Crippen LogP contribution in [0, 0.1) is 0 Å². The molecular formula is C14H19NO4. The Kier molecular flexibility index (Phi) is 5.85. The maximum Gasteiger partial charge on any atom is 0.325 e. The number of unbranched alkanes of at least 4 members (excludes halogenated alkanes) is 1. The minimum Gasteiger partial charge on any atom is -0.494 e. The van der Waals surface area contributed by atoms with Crippen LogP contribution in [0.3, 0.4) is 0 Å². The lowest BCUT2D eigenvalue weighted by molar-refractivity contribution is -0.138. The summed E-state index contributed by atoms with van der Waals surface area (Å²) in [7, 11) is 0. The standard InChI is InChI=1S/C14H19NO4/c1-3-4-9-19-12-7-5-11(6-8-12)13(16)15-10(2)14(17)18/h5-8,10H,3-4,9H2,1-2H3,(H,15,16)(H,17,18)/t10-/m1/s1. The molecule has 5 heteroatoms. The van der Waals surface area contributed by atoms with Gasteiger partial charge >= 0.3 is 5.97 Å². The van der Waals surface area contributed by atoms with Crippen LogP contribution < -0.4 is 10.1 Å². The maximum atomic E-state index is 11.7. The van der Waals surface area contributed by atoms with Crippen molar-refractivity contribution in [2.75, 3.05) is 6.61 Å². The summed E-state index contributed by atoms with van der Waals surface area (Å²) < 4.78 is 5.47. The Morgan fingerprint density at radius 3 is 2.47 bits per heavy atom. The highest BCUT2D eigenvalue weighted by molar-refractivity contribution is 5.96. The zero-order valence-corrected chi connectivity index (χ0v) is 11.2. The minimum atomic E-state index is -1.06. The van der Waals surface area contributed by atoms with E-state index in [-0.39, 0.29) is 0 Å². The van der Waals surface area contributed by atoms with Gasteiger partial charge < -0.3 is 15.2 Å². The summed E-state index contributed by atoms with van der Waals surface area (Å²) in [5, 5.41) is 11.1. The summed E-state index contributed by atoms with van der Waals surface area (Å²) in [6.45, 7) is 4.15. The van der Waals surface area contributed by atoms with Crippen LogP contribution in [0.15, 0.2) is 24.3 Å². The highest BCUT2D eigenvalue weighted by atomic mass is 16.5. The van der Waals surface area contributed by atoms with Crippen molar-refractivity contribution >= 4 is 11.9 Å². The minimum absolute atomic E-state index is 0.407. The number of carbonyl (C=O) groups is 2. The second-order valence-corrected chi connectivity index (χ2v) is 4.26. The average Bonchev–Trinajstić information content (AvgIpc) is 2.39. The first-order valence-corrected chi connectivity index (χ1v) is 6.31. The van der Waals surface area contributed by atoms with Crippen molar-refractivity contribution in [3.63, 3.8) is 0 Å². The van der Waals surface area contributed by atoms with Crippen LogP contribution in [0.1, 0.15) is 37.0 Å². The normalized spacial score (nSPS) is 11.7. The van der Waals surface area contributed by atoms with Gasteiger partial charge in [0.2, 0.25) is 0 Å². The molecule has 0 aliphatic carbocycles. The Morgan fingerprint density at radius 2 is 1.95 bits per heavy atom. The first-order valence-electron chi connectivity index (χ1n) is 6.31. The molecule has 0 saturated heterocycles. The van der Waals surface area contributed by atoms with Crippen LogP contribution >= 0.6 is 0 Å². The third-order valence-electron chi connectivity index (χ3n) is 2.60. The van der Waals surface area contributed by atoms with Gasteiger partial charge in [-0.25, -0.2) is 0 Å². The van der Waals surface area contributed by atoms with Crippen LogP contribution in [0.25, 0.3) is 0 Å². The van der Waals surface area contributed by atoms with Gasteiger partial charge in [0.1, 0.15) is 11.8 Å². The Labute approximate surface area is 112 Å². The number of benzene rings is 1. The fourth-order valence-corrected chi connectivity index (χ4v) is 1.38. The molecule has 1 atom stereocenters. The quantitative estimate of drug-likeness (QED) is 0.740. The predicted molar refractivity (Wildman–Crippen MR) is 71.4 cm³/mol. The largest absolute Gasteiger partial charge is 0.494 e. The van der Waals surface area contributed by atoms with Gasteiger partial charge in [-0.3, -0.25) is 9.59 Å². The molecule has 19 heavy (non-hydrogen) atoms. The van der Waals surface area contributed by atoms with E-state index < -0.39 is 17.9 Å². The van der Waals surface area contributed by atoms with E-state index in [0.29, 0.717) is 17.9 Å². The number of nitrogens with one attached hydrogen (secondary N) is 1. The van der Waals surface area contributed by atoms with E-state index in [1.54, 1.807) is 24.3 Å². The fraction of sp³-hybridized carbons (Fsp3) is 0.429. The van der Waals surface area contributed by atoms with Crippen molar-refractivity contribution in [2.24, 2.45) is 0 Å². The van der Waals surface area contributed by atoms with E-state index in [9.17, 15) is 9.59 Å². The monoisotopic (exact) mass is 265 g/mol. The van der Waals surface area contributed by atoms with Crippen LogP contribution in [-0.2, 0) is 4.79 Å². The third-order valence-corrected chi connectivity index (χ3v) is 2.60. The number of aliphatic carboxylic acids is 1. The topological polar surface area (TPSA) is 75.6 Å². The lowest BCUT2D eigenvalue weighted by atomic mass is 10.2. The summed E-state index contributed by atoms with van der Waals surface area (Å²) >= 11 is 0.